The molecular formula is C29H47ClN3O8P. The molecule has 5 atom stereocenters. The number of hydrogen-bond donors (Lipinski definition) is 3. The summed E-state index contributed by atoms with van der Waals surface area (Å²) in [4.78, 5) is 40.3. The van der Waals surface area contributed by atoms with Gasteiger partial charge in [-0.15, -0.1) is 0 Å². The van der Waals surface area contributed by atoms with E-state index in [1.54, 1.807) is 52.2 Å². The van der Waals surface area contributed by atoms with E-state index in [-0.39, 0.29) is 44.5 Å². The van der Waals surface area contributed by atoms with Gasteiger partial charge in [0.25, 0.3) is 0 Å². The van der Waals surface area contributed by atoms with Gasteiger partial charge in [-0.25, -0.2) is 4.79 Å². The Morgan fingerprint density at radius 1 is 1.12 bits per heavy atom. The third-order valence-corrected chi connectivity index (χ3v) is 9.97. The molecule has 4 unspecified atom stereocenters. The highest BCUT2D eigenvalue weighted by Crippen LogP contribution is 2.53. The number of benzene rings is 1. The third kappa shape index (κ3) is 11.5. The number of amides is 3. The molecule has 0 saturated heterocycles. The van der Waals surface area contributed by atoms with Crippen molar-refractivity contribution in [1.82, 2.24) is 15.5 Å². The second kappa shape index (κ2) is 17.8. The number of halogens is 1. The lowest BCUT2D eigenvalue weighted by Gasteiger charge is -2.33. The molecular weight excluding hydrogens is 585 g/mol. The number of hydrogen-bond acceptors (Lipinski definition) is 8. The van der Waals surface area contributed by atoms with Crippen molar-refractivity contribution >= 4 is 37.1 Å². The number of alkyl carbamates (subject to hydrolysis) is 1. The molecule has 238 valence electrons. The first-order valence-electron chi connectivity index (χ1n) is 14.6. The number of carbonyl (C=O) groups is 3. The minimum atomic E-state index is -4.06. The van der Waals surface area contributed by atoms with Gasteiger partial charge in [0.15, 0.2) is 5.85 Å². The molecule has 1 aromatic rings. The molecule has 0 radical (unpaired) electrons. The molecule has 3 amide bonds. The first kappa shape index (κ1) is 36.0. The maximum Gasteiger partial charge on any atom is 0.408 e. The lowest BCUT2D eigenvalue weighted by Crippen LogP contribution is -2.53. The summed E-state index contributed by atoms with van der Waals surface area (Å²) in [5, 5.41) is 17.1. The highest BCUT2D eigenvalue weighted by molar-refractivity contribution is 7.54. The molecule has 3 N–H and O–H groups in total. The van der Waals surface area contributed by atoms with Crippen LogP contribution in [-0.4, -0.2) is 73.2 Å². The lowest BCUT2D eigenvalue weighted by molar-refractivity contribution is -0.130. The number of nitrogens with one attached hydrogen (secondary N) is 2. The van der Waals surface area contributed by atoms with Crippen LogP contribution < -0.4 is 10.6 Å². The number of ether oxygens (including phenoxy) is 1. The predicted molar refractivity (Wildman–Crippen MR) is 161 cm³/mol. The SMILES string of the molecule is CCOP(=O)(OCC)C(O)[C@H](CCC(=O)N(C)C)NC(=O)C(CC1CCCCC1C)NC(=O)OCc1cccc(Cl)c1. The van der Waals surface area contributed by atoms with Crippen LogP contribution >= 0.6 is 19.2 Å². The quantitative estimate of drug-likeness (QED) is 0.214. The van der Waals surface area contributed by atoms with Crippen molar-refractivity contribution in [2.75, 3.05) is 27.3 Å². The fraction of sp³-hybridized carbons (Fsp3) is 0.690. The Labute approximate surface area is 254 Å². The molecule has 0 bridgehead atoms. The average molecular weight is 632 g/mol. The number of nitrogens with zero attached hydrogens (tertiary/aromatic N) is 1. The average Bonchev–Trinajstić information content (AvgIpc) is 2.94. The monoisotopic (exact) mass is 631 g/mol. The van der Waals surface area contributed by atoms with Crippen molar-refractivity contribution in [3.63, 3.8) is 0 Å². The summed E-state index contributed by atoms with van der Waals surface area (Å²) in [5.41, 5.74) is 0.691. The molecule has 1 aliphatic rings. The van der Waals surface area contributed by atoms with Crippen LogP contribution in [0.4, 0.5) is 4.79 Å². The third-order valence-electron chi connectivity index (χ3n) is 7.49. The first-order valence-corrected chi connectivity index (χ1v) is 16.6. The van der Waals surface area contributed by atoms with Crippen LogP contribution in [0.15, 0.2) is 24.3 Å². The van der Waals surface area contributed by atoms with Crippen LogP contribution in [-0.2, 0) is 34.5 Å². The van der Waals surface area contributed by atoms with Gasteiger partial charge in [0.1, 0.15) is 12.6 Å². The molecule has 13 heteroatoms. The van der Waals surface area contributed by atoms with Gasteiger partial charge in [0, 0.05) is 25.5 Å². The molecule has 0 spiro atoms. The molecule has 11 nitrogen and oxygen atoms in total. The largest absolute Gasteiger partial charge is 0.445 e. The Morgan fingerprint density at radius 2 is 1.79 bits per heavy atom. The summed E-state index contributed by atoms with van der Waals surface area (Å²) in [6, 6.07) is 4.75. The molecule has 2 rings (SSSR count). The van der Waals surface area contributed by atoms with E-state index in [4.69, 9.17) is 25.4 Å². The minimum Gasteiger partial charge on any atom is -0.445 e. The zero-order chi connectivity index (χ0) is 31.3. The minimum absolute atomic E-state index is 0.00779. The van der Waals surface area contributed by atoms with Gasteiger partial charge in [0.2, 0.25) is 11.8 Å². The van der Waals surface area contributed by atoms with Gasteiger partial charge in [-0.2, -0.15) is 0 Å². The van der Waals surface area contributed by atoms with Gasteiger partial charge >= 0.3 is 13.7 Å². The molecule has 42 heavy (non-hydrogen) atoms. The Bertz CT molecular complexity index is 1070. The summed E-state index contributed by atoms with van der Waals surface area (Å²) in [6.07, 6.45) is 3.59. The van der Waals surface area contributed by atoms with Gasteiger partial charge in [0.05, 0.1) is 19.3 Å². The van der Waals surface area contributed by atoms with E-state index in [0.717, 1.165) is 25.7 Å². The van der Waals surface area contributed by atoms with Crippen LogP contribution in [0.25, 0.3) is 0 Å². The second-order valence-corrected chi connectivity index (χ2v) is 13.5. The maximum absolute atomic E-state index is 13.7. The van der Waals surface area contributed by atoms with Gasteiger partial charge < -0.3 is 34.4 Å². The Kier molecular flexibility index (Phi) is 15.3. The van der Waals surface area contributed by atoms with Crippen molar-refractivity contribution in [3.8, 4) is 0 Å². The van der Waals surface area contributed by atoms with Crippen molar-refractivity contribution in [1.29, 1.82) is 0 Å². The molecule has 1 saturated carbocycles. The van der Waals surface area contributed by atoms with Crippen LogP contribution in [0.1, 0.15) is 71.3 Å². The smallest absolute Gasteiger partial charge is 0.408 e. The summed E-state index contributed by atoms with van der Waals surface area (Å²) in [6.45, 7) is 5.34. The van der Waals surface area contributed by atoms with Crippen molar-refractivity contribution in [2.45, 2.75) is 90.3 Å². The number of rotatable bonds is 16. The fourth-order valence-corrected chi connectivity index (χ4v) is 7.07. The highest BCUT2D eigenvalue weighted by Gasteiger charge is 2.42. The van der Waals surface area contributed by atoms with E-state index in [1.807, 2.05) is 0 Å². The first-order chi connectivity index (χ1) is 19.9. The van der Waals surface area contributed by atoms with E-state index >= 15 is 0 Å². The van der Waals surface area contributed by atoms with Crippen molar-refractivity contribution in [3.05, 3.63) is 34.9 Å². The van der Waals surface area contributed by atoms with Crippen molar-refractivity contribution in [2.24, 2.45) is 11.8 Å². The second-order valence-electron chi connectivity index (χ2n) is 10.9. The molecule has 0 heterocycles. The van der Waals surface area contributed by atoms with Gasteiger partial charge in [-0.3, -0.25) is 14.2 Å². The van der Waals surface area contributed by atoms with E-state index in [1.165, 1.54) is 4.90 Å². The Morgan fingerprint density at radius 3 is 2.38 bits per heavy atom. The summed E-state index contributed by atoms with van der Waals surface area (Å²) < 4.78 is 29.5. The summed E-state index contributed by atoms with van der Waals surface area (Å²) in [7, 11) is -0.874. The van der Waals surface area contributed by atoms with E-state index in [9.17, 15) is 24.1 Å². The maximum atomic E-state index is 13.7. The van der Waals surface area contributed by atoms with Crippen LogP contribution in [0.3, 0.4) is 0 Å². The summed E-state index contributed by atoms with van der Waals surface area (Å²) in [5.74, 6) is -2.03. The number of aliphatic hydroxyl groups is 1. The Hall–Kier alpha value is -2.17. The molecule has 1 aliphatic carbocycles. The standard InChI is InChI=1S/C29H47ClN3O8P/c1-6-40-42(38,41-7-2)28(36)24(15-16-26(34)33(4)5)31-27(35)25(18-22-13-9-8-11-20(22)3)32-29(37)39-19-21-12-10-14-23(30)17-21/h10,12,14,17,20,22,24-25,28,36H,6-9,11,13,15-16,18-19H2,1-5H3,(H,31,35)(H,32,37)/t20?,22?,24-,25?,28?/m0/s1. The van der Waals surface area contributed by atoms with Gasteiger partial charge in [-0.1, -0.05) is 56.3 Å². The zero-order valence-corrected chi connectivity index (χ0v) is 27.0. The normalized spacial score (nSPS) is 19.3. The highest BCUT2D eigenvalue weighted by atomic mass is 35.5. The lowest BCUT2D eigenvalue weighted by atomic mass is 9.77. The van der Waals surface area contributed by atoms with E-state index < -0.39 is 37.5 Å². The van der Waals surface area contributed by atoms with Gasteiger partial charge in [-0.05, 0) is 56.2 Å². The van der Waals surface area contributed by atoms with E-state index in [2.05, 4.69) is 17.6 Å². The molecule has 1 aromatic carbocycles. The van der Waals surface area contributed by atoms with Crippen LogP contribution in [0.2, 0.25) is 5.02 Å². The van der Waals surface area contributed by atoms with Crippen molar-refractivity contribution < 1.29 is 37.8 Å². The zero-order valence-electron chi connectivity index (χ0n) is 25.3. The number of aliphatic hydroxyl groups excluding tert-OH is 1. The summed E-state index contributed by atoms with van der Waals surface area (Å²) >= 11 is 6.03. The molecule has 1 fully saturated rings. The van der Waals surface area contributed by atoms with E-state index in [0.29, 0.717) is 22.9 Å². The topological polar surface area (TPSA) is 144 Å². The number of carbonyl (C=O) groups excluding carboxylic acids is 3. The Balaban J connectivity index is 2.26. The van der Waals surface area contributed by atoms with Crippen LogP contribution in [0, 0.1) is 11.8 Å². The fourth-order valence-electron chi connectivity index (χ4n) is 5.09. The molecule has 0 aromatic heterocycles. The predicted octanol–water partition coefficient (Wildman–Crippen LogP) is 5.09. The van der Waals surface area contributed by atoms with Crippen LogP contribution in [0.5, 0.6) is 0 Å². The molecule has 0 aliphatic heterocycles.